The van der Waals surface area contributed by atoms with Crippen molar-refractivity contribution >= 4 is 0 Å². The van der Waals surface area contributed by atoms with E-state index in [0.717, 1.165) is 6.42 Å². The number of aliphatic hydroxyl groups is 1. The van der Waals surface area contributed by atoms with Crippen LogP contribution in [0.5, 0.6) is 0 Å². The van der Waals surface area contributed by atoms with E-state index in [1.54, 1.807) is 0 Å². The van der Waals surface area contributed by atoms with Crippen LogP contribution in [-0.2, 0) is 0 Å². The Kier molecular flexibility index (Phi) is 8.16. The fourth-order valence-electron chi connectivity index (χ4n) is 2.50. The van der Waals surface area contributed by atoms with Crippen LogP contribution in [0.4, 0.5) is 0 Å². The third-order valence-corrected chi connectivity index (χ3v) is 3.67. The van der Waals surface area contributed by atoms with E-state index < -0.39 is 0 Å². The molecule has 0 aromatic heterocycles. The van der Waals surface area contributed by atoms with E-state index >= 15 is 0 Å². The van der Waals surface area contributed by atoms with Crippen molar-refractivity contribution in [2.75, 3.05) is 19.7 Å². The summed E-state index contributed by atoms with van der Waals surface area (Å²) in [6, 6.07) is 0. The normalized spacial score (nSPS) is 15.4. The Morgan fingerprint density at radius 3 is 2.12 bits per heavy atom. The molecule has 1 aliphatic rings. The van der Waals surface area contributed by atoms with Gasteiger partial charge in [-0.2, -0.15) is 0 Å². The van der Waals surface area contributed by atoms with Crippen LogP contribution in [0.25, 0.3) is 0 Å². The highest BCUT2D eigenvalue weighted by Crippen LogP contribution is 2.15. The lowest BCUT2D eigenvalue weighted by Crippen LogP contribution is -2.19. The molecule has 0 aliphatic carbocycles. The quantitative estimate of drug-likeness (QED) is 0.587. The zero-order valence-corrected chi connectivity index (χ0v) is 11.5. The van der Waals surface area contributed by atoms with E-state index in [0.29, 0.717) is 6.61 Å². The van der Waals surface area contributed by atoms with Gasteiger partial charge in [-0.15, -0.1) is 0 Å². The first-order valence-electron chi connectivity index (χ1n) is 7.37. The minimum absolute atomic E-state index is 0.364. The first-order chi connectivity index (χ1) is 8.34. The SMILES string of the molecule is CC1=CCCN1CCCCCCCCCCO. The third kappa shape index (κ3) is 6.72. The number of allylic oxidation sites excluding steroid dienone is 1. The second-order valence-electron chi connectivity index (χ2n) is 5.17. The molecule has 0 aromatic carbocycles. The Morgan fingerprint density at radius 2 is 1.59 bits per heavy atom. The lowest BCUT2D eigenvalue weighted by Gasteiger charge is -2.19. The van der Waals surface area contributed by atoms with Crippen LogP contribution in [0.2, 0.25) is 0 Å². The van der Waals surface area contributed by atoms with E-state index in [-0.39, 0.29) is 0 Å². The number of hydrogen-bond acceptors (Lipinski definition) is 2. The van der Waals surface area contributed by atoms with Crippen LogP contribution >= 0.6 is 0 Å². The summed E-state index contributed by atoms with van der Waals surface area (Å²) in [6.07, 6.45) is 13.9. The topological polar surface area (TPSA) is 23.5 Å². The van der Waals surface area contributed by atoms with Crippen LogP contribution in [0.1, 0.15) is 64.7 Å². The molecule has 0 fully saturated rings. The third-order valence-electron chi connectivity index (χ3n) is 3.67. The number of hydrogen-bond donors (Lipinski definition) is 1. The number of rotatable bonds is 10. The van der Waals surface area contributed by atoms with Gasteiger partial charge in [0.2, 0.25) is 0 Å². The van der Waals surface area contributed by atoms with Crippen molar-refractivity contribution < 1.29 is 5.11 Å². The Bertz CT molecular complexity index is 213. The van der Waals surface area contributed by atoms with Gasteiger partial charge in [-0.3, -0.25) is 0 Å². The maximum atomic E-state index is 8.65. The molecule has 0 saturated carbocycles. The van der Waals surface area contributed by atoms with Crippen LogP contribution in [-0.4, -0.2) is 29.7 Å². The first kappa shape index (κ1) is 14.6. The Hall–Kier alpha value is -0.500. The predicted molar refractivity (Wildman–Crippen MR) is 74.0 cm³/mol. The summed E-state index contributed by atoms with van der Waals surface area (Å²) in [6.45, 7) is 5.09. The van der Waals surface area contributed by atoms with Crippen molar-refractivity contribution in [2.45, 2.75) is 64.7 Å². The molecule has 0 atom stereocenters. The van der Waals surface area contributed by atoms with Crippen LogP contribution in [0, 0.1) is 0 Å². The molecule has 0 spiro atoms. The Labute approximate surface area is 107 Å². The van der Waals surface area contributed by atoms with Gasteiger partial charge < -0.3 is 10.0 Å². The molecule has 0 bridgehead atoms. The van der Waals surface area contributed by atoms with Crippen molar-refractivity contribution in [3.05, 3.63) is 11.8 Å². The lowest BCUT2D eigenvalue weighted by molar-refractivity contribution is 0.282. The highest BCUT2D eigenvalue weighted by atomic mass is 16.2. The summed E-state index contributed by atoms with van der Waals surface area (Å²) in [5.41, 5.74) is 1.48. The van der Waals surface area contributed by atoms with Crippen molar-refractivity contribution in [1.82, 2.24) is 4.90 Å². The molecule has 1 N–H and O–H groups in total. The van der Waals surface area contributed by atoms with Gasteiger partial charge in [-0.05, 0) is 26.2 Å². The van der Waals surface area contributed by atoms with Gasteiger partial charge >= 0.3 is 0 Å². The van der Waals surface area contributed by atoms with Gasteiger partial charge in [-0.1, -0.05) is 44.6 Å². The molecule has 0 saturated heterocycles. The van der Waals surface area contributed by atoms with Gasteiger partial charge in [0.05, 0.1) is 0 Å². The van der Waals surface area contributed by atoms with Gasteiger partial charge in [0.1, 0.15) is 0 Å². The first-order valence-corrected chi connectivity index (χ1v) is 7.37. The van der Waals surface area contributed by atoms with E-state index in [1.165, 1.54) is 70.2 Å². The van der Waals surface area contributed by atoms with Gasteiger partial charge in [-0.25, -0.2) is 0 Å². The summed E-state index contributed by atoms with van der Waals surface area (Å²) in [4.78, 5) is 2.52. The van der Waals surface area contributed by atoms with Crippen molar-refractivity contribution in [2.24, 2.45) is 0 Å². The van der Waals surface area contributed by atoms with E-state index in [9.17, 15) is 0 Å². The second-order valence-corrected chi connectivity index (χ2v) is 5.17. The largest absolute Gasteiger partial charge is 0.396 e. The molecule has 2 heteroatoms. The smallest absolute Gasteiger partial charge is 0.0431 e. The summed E-state index contributed by atoms with van der Waals surface area (Å²) in [5, 5.41) is 8.65. The molecule has 0 amide bonds. The number of unbranched alkanes of at least 4 members (excludes halogenated alkanes) is 7. The molecule has 0 radical (unpaired) electrons. The van der Waals surface area contributed by atoms with Crippen molar-refractivity contribution in [1.29, 1.82) is 0 Å². The highest BCUT2D eigenvalue weighted by Gasteiger charge is 2.09. The van der Waals surface area contributed by atoms with Crippen LogP contribution in [0.3, 0.4) is 0 Å². The molecule has 100 valence electrons. The molecular formula is C15H29NO. The zero-order valence-electron chi connectivity index (χ0n) is 11.5. The summed E-state index contributed by atoms with van der Waals surface area (Å²) < 4.78 is 0. The van der Waals surface area contributed by atoms with Crippen LogP contribution in [0.15, 0.2) is 11.8 Å². The van der Waals surface area contributed by atoms with Gasteiger partial charge in [0.25, 0.3) is 0 Å². The number of aliphatic hydroxyl groups excluding tert-OH is 1. The molecule has 1 aliphatic heterocycles. The fourth-order valence-corrected chi connectivity index (χ4v) is 2.50. The second kappa shape index (κ2) is 9.52. The summed E-state index contributed by atoms with van der Waals surface area (Å²) >= 11 is 0. The lowest BCUT2D eigenvalue weighted by atomic mass is 10.1. The average Bonchev–Trinajstić information content (AvgIpc) is 2.73. The maximum Gasteiger partial charge on any atom is 0.0431 e. The Balaban J connectivity index is 1.80. The summed E-state index contributed by atoms with van der Waals surface area (Å²) in [7, 11) is 0. The average molecular weight is 239 g/mol. The molecular weight excluding hydrogens is 210 g/mol. The molecule has 17 heavy (non-hydrogen) atoms. The van der Waals surface area contributed by atoms with E-state index in [2.05, 4.69) is 17.9 Å². The minimum Gasteiger partial charge on any atom is -0.396 e. The van der Waals surface area contributed by atoms with Crippen molar-refractivity contribution in [3.8, 4) is 0 Å². The fraction of sp³-hybridized carbons (Fsp3) is 0.867. The van der Waals surface area contributed by atoms with Gasteiger partial charge in [0.15, 0.2) is 0 Å². The van der Waals surface area contributed by atoms with Gasteiger partial charge in [0, 0.05) is 25.4 Å². The van der Waals surface area contributed by atoms with E-state index in [4.69, 9.17) is 5.11 Å². The number of nitrogens with zero attached hydrogens (tertiary/aromatic N) is 1. The summed E-state index contributed by atoms with van der Waals surface area (Å²) in [5.74, 6) is 0. The molecule has 0 unspecified atom stereocenters. The standard InChI is InChI=1S/C15H29NO/c1-15-11-10-13-16(15)12-8-6-4-2-3-5-7-9-14-17/h11,17H,2-10,12-14H2,1H3. The van der Waals surface area contributed by atoms with Crippen molar-refractivity contribution in [3.63, 3.8) is 0 Å². The Morgan fingerprint density at radius 1 is 1.00 bits per heavy atom. The molecule has 1 rings (SSSR count). The predicted octanol–water partition coefficient (Wildman–Crippen LogP) is 3.71. The van der Waals surface area contributed by atoms with Crippen LogP contribution < -0.4 is 0 Å². The molecule has 1 heterocycles. The molecule has 2 nitrogen and oxygen atoms in total. The minimum atomic E-state index is 0.364. The highest BCUT2D eigenvalue weighted by molar-refractivity contribution is 5.03. The zero-order chi connectivity index (χ0) is 12.3. The maximum absolute atomic E-state index is 8.65. The molecule has 0 aromatic rings. The monoisotopic (exact) mass is 239 g/mol. The van der Waals surface area contributed by atoms with E-state index in [1.807, 2.05) is 0 Å².